The van der Waals surface area contributed by atoms with Gasteiger partial charge >= 0.3 is 0 Å². The van der Waals surface area contributed by atoms with Crippen LogP contribution in [-0.2, 0) is 16.6 Å². The van der Waals surface area contributed by atoms with E-state index in [0.717, 1.165) is 12.3 Å². The van der Waals surface area contributed by atoms with Gasteiger partial charge in [0.05, 0.1) is 6.54 Å². The Morgan fingerprint density at radius 2 is 2.14 bits per heavy atom. The van der Waals surface area contributed by atoms with Gasteiger partial charge in [-0.05, 0) is 43.9 Å². The second-order valence-corrected chi connectivity index (χ2v) is 7.77. The highest BCUT2D eigenvalue weighted by Crippen LogP contribution is 2.30. The molecular weight excluding hydrogens is 288 g/mol. The molecule has 1 aromatic heterocycles. The van der Waals surface area contributed by atoms with Crippen molar-refractivity contribution >= 4 is 10.0 Å². The van der Waals surface area contributed by atoms with Crippen LogP contribution in [0.15, 0.2) is 21.6 Å². The summed E-state index contributed by atoms with van der Waals surface area (Å²) in [7, 11) is -1.72. The van der Waals surface area contributed by atoms with Gasteiger partial charge in [0.15, 0.2) is 0 Å². The van der Waals surface area contributed by atoms with E-state index in [0.29, 0.717) is 24.8 Å². The van der Waals surface area contributed by atoms with Gasteiger partial charge in [-0.15, -0.1) is 0 Å². The molecule has 0 aliphatic heterocycles. The number of hydrogen-bond acceptors (Lipinski definition) is 4. The molecule has 1 aromatic rings. The zero-order valence-electron chi connectivity index (χ0n) is 12.9. The Labute approximate surface area is 127 Å². The zero-order valence-corrected chi connectivity index (χ0v) is 13.7. The van der Waals surface area contributed by atoms with Gasteiger partial charge in [-0.1, -0.05) is 26.2 Å². The summed E-state index contributed by atoms with van der Waals surface area (Å²) in [5, 5.41) is 2.93. The van der Waals surface area contributed by atoms with Crippen LogP contribution in [0.5, 0.6) is 0 Å². The Morgan fingerprint density at radius 3 is 2.86 bits per heavy atom. The number of hydrogen-bond donors (Lipinski definition) is 2. The van der Waals surface area contributed by atoms with E-state index < -0.39 is 10.0 Å². The van der Waals surface area contributed by atoms with Gasteiger partial charge in [0.25, 0.3) is 10.0 Å². The highest BCUT2D eigenvalue weighted by atomic mass is 32.2. The summed E-state index contributed by atoms with van der Waals surface area (Å²) in [6, 6.07) is 3.20. The molecular formula is C15H26N2O3S. The Kier molecular flexibility index (Phi) is 5.84. The van der Waals surface area contributed by atoms with E-state index in [1.807, 2.05) is 0 Å². The van der Waals surface area contributed by atoms with Gasteiger partial charge in [-0.3, -0.25) is 0 Å². The second kappa shape index (κ2) is 7.42. The lowest BCUT2D eigenvalue weighted by atomic mass is 9.81. The molecule has 1 aliphatic rings. The number of sulfonamides is 1. The van der Waals surface area contributed by atoms with Crippen LogP contribution in [0.2, 0.25) is 0 Å². The zero-order chi connectivity index (χ0) is 15.3. The summed E-state index contributed by atoms with van der Waals surface area (Å²) in [6.45, 7) is 3.29. The number of rotatable bonds is 7. The third-order valence-corrected chi connectivity index (χ3v) is 5.48. The fraction of sp³-hybridized carbons (Fsp3) is 0.733. The smallest absolute Gasteiger partial charge is 0.273 e. The van der Waals surface area contributed by atoms with Crippen LogP contribution in [-0.4, -0.2) is 22.0 Å². The Balaban J connectivity index is 1.83. The first-order valence-corrected chi connectivity index (χ1v) is 9.22. The van der Waals surface area contributed by atoms with Crippen LogP contribution in [0.3, 0.4) is 0 Å². The molecule has 2 rings (SSSR count). The molecule has 120 valence electrons. The van der Waals surface area contributed by atoms with Crippen molar-refractivity contribution in [2.45, 2.75) is 50.7 Å². The van der Waals surface area contributed by atoms with Crippen LogP contribution in [0.1, 0.15) is 44.8 Å². The van der Waals surface area contributed by atoms with Gasteiger partial charge in [0.2, 0.25) is 5.09 Å². The summed E-state index contributed by atoms with van der Waals surface area (Å²) >= 11 is 0. The second-order valence-electron chi connectivity index (χ2n) is 6.08. The van der Waals surface area contributed by atoms with Crippen molar-refractivity contribution in [2.75, 3.05) is 13.6 Å². The highest BCUT2D eigenvalue weighted by Gasteiger charge is 2.21. The first kappa shape index (κ1) is 16.5. The van der Waals surface area contributed by atoms with Crippen molar-refractivity contribution < 1.29 is 12.8 Å². The van der Waals surface area contributed by atoms with E-state index in [1.165, 1.54) is 31.7 Å². The fourth-order valence-corrected chi connectivity index (χ4v) is 4.06. The highest BCUT2D eigenvalue weighted by molar-refractivity contribution is 7.89. The summed E-state index contributed by atoms with van der Waals surface area (Å²) in [4.78, 5) is 0. The minimum atomic E-state index is -3.52. The van der Waals surface area contributed by atoms with Gasteiger partial charge < -0.3 is 9.73 Å². The molecule has 0 radical (unpaired) electrons. The predicted octanol–water partition coefficient (Wildman–Crippen LogP) is 2.49. The summed E-state index contributed by atoms with van der Waals surface area (Å²) < 4.78 is 32.2. The lowest BCUT2D eigenvalue weighted by Gasteiger charge is -2.26. The summed E-state index contributed by atoms with van der Waals surface area (Å²) in [5.74, 6) is 2.04. The normalized spacial score (nSPS) is 23.3. The van der Waals surface area contributed by atoms with E-state index in [1.54, 1.807) is 13.1 Å². The molecule has 2 atom stereocenters. The molecule has 0 amide bonds. The molecule has 21 heavy (non-hydrogen) atoms. The third kappa shape index (κ3) is 4.83. The van der Waals surface area contributed by atoms with Gasteiger partial charge in [0, 0.05) is 6.54 Å². The quantitative estimate of drug-likeness (QED) is 0.811. The van der Waals surface area contributed by atoms with Crippen LogP contribution in [0, 0.1) is 11.8 Å². The maximum Gasteiger partial charge on any atom is 0.273 e. The summed E-state index contributed by atoms with van der Waals surface area (Å²) in [6.07, 6.45) is 5.93. The van der Waals surface area contributed by atoms with Crippen molar-refractivity contribution in [3.05, 3.63) is 17.9 Å². The Hall–Kier alpha value is -0.850. The van der Waals surface area contributed by atoms with Gasteiger partial charge in [-0.2, -0.15) is 0 Å². The molecule has 1 fully saturated rings. The van der Waals surface area contributed by atoms with Crippen LogP contribution in [0.25, 0.3) is 0 Å². The number of nitrogens with one attached hydrogen (secondary N) is 2. The topological polar surface area (TPSA) is 71.3 Å². The molecule has 0 saturated heterocycles. The molecule has 5 nitrogen and oxygen atoms in total. The van der Waals surface area contributed by atoms with Crippen molar-refractivity contribution in [1.29, 1.82) is 0 Å². The van der Waals surface area contributed by atoms with Crippen LogP contribution < -0.4 is 10.0 Å². The summed E-state index contributed by atoms with van der Waals surface area (Å²) in [5.41, 5.74) is 0. The minimum Gasteiger partial charge on any atom is -0.447 e. The molecule has 0 spiro atoms. The van der Waals surface area contributed by atoms with Crippen LogP contribution in [0.4, 0.5) is 0 Å². The standard InChI is InChI=1S/C15H26N2O3S/c1-12-4-3-5-13(10-12)8-9-17-21(18,19)15-7-6-14(20-15)11-16-2/h6-7,12-13,16-17H,3-5,8-11H2,1-2H3. The minimum absolute atomic E-state index is 0.00441. The van der Waals surface area contributed by atoms with Gasteiger partial charge in [-0.25, -0.2) is 13.1 Å². The average Bonchev–Trinajstić information content (AvgIpc) is 2.88. The first-order valence-electron chi connectivity index (χ1n) is 7.74. The van der Waals surface area contributed by atoms with Crippen molar-refractivity contribution in [2.24, 2.45) is 11.8 Å². The maximum atomic E-state index is 12.1. The molecule has 2 N–H and O–H groups in total. The lowest BCUT2D eigenvalue weighted by Crippen LogP contribution is -2.27. The molecule has 6 heteroatoms. The molecule has 1 saturated carbocycles. The first-order chi connectivity index (χ1) is 10.0. The lowest BCUT2D eigenvalue weighted by molar-refractivity contribution is 0.270. The Morgan fingerprint density at radius 1 is 1.33 bits per heavy atom. The van der Waals surface area contributed by atoms with Crippen molar-refractivity contribution in [3.8, 4) is 0 Å². The number of furan rings is 1. The fourth-order valence-electron chi connectivity index (χ4n) is 3.06. The molecule has 1 aliphatic carbocycles. The van der Waals surface area contributed by atoms with E-state index in [2.05, 4.69) is 17.0 Å². The third-order valence-electron chi connectivity index (χ3n) is 4.14. The van der Waals surface area contributed by atoms with E-state index in [9.17, 15) is 8.42 Å². The van der Waals surface area contributed by atoms with Crippen LogP contribution >= 0.6 is 0 Å². The van der Waals surface area contributed by atoms with Crippen molar-refractivity contribution in [1.82, 2.24) is 10.0 Å². The van der Waals surface area contributed by atoms with E-state index in [4.69, 9.17) is 4.42 Å². The molecule has 0 aromatic carbocycles. The molecule has 0 bridgehead atoms. The predicted molar refractivity (Wildman–Crippen MR) is 82.4 cm³/mol. The van der Waals surface area contributed by atoms with Crippen molar-refractivity contribution in [3.63, 3.8) is 0 Å². The molecule has 1 heterocycles. The SMILES string of the molecule is CNCc1ccc(S(=O)(=O)NCCC2CCCC(C)C2)o1. The Bertz CT molecular complexity index is 539. The molecule has 2 unspecified atom stereocenters. The monoisotopic (exact) mass is 314 g/mol. The van der Waals surface area contributed by atoms with Gasteiger partial charge in [0.1, 0.15) is 5.76 Å². The largest absolute Gasteiger partial charge is 0.447 e. The average molecular weight is 314 g/mol. The van der Waals surface area contributed by atoms with E-state index >= 15 is 0 Å². The van der Waals surface area contributed by atoms with E-state index in [-0.39, 0.29) is 5.09 Å². The maximum absolute atomic E-state index is 12.1.